The number of amides is 1. The van der Waals surface area contributed by atoms with Gasteiger partial charge in [-0.2, -0.15) is 0 Å². The van der Waals surface area contributed by atoms with Crippen LogP contribution in [-0.2, 0) is 10.4 Å². The van der Waals surface area contributed by atoms with Crippen LogP contribution in [0.1, 0.15) is 30.5 Å². The molecule has 1 aromatic carbocycles. The number of hydrogen-bond acceptors (Lipinski definition) is 4. The van der Waals surface area contributed by atoms with Crippen molar-refractivity contribution >= 4 is 5.91 Å². The Morgan fingerprint density at radius 3 is 2.56 bits per heavy atom. The summed E-state index contributed by atoms with van der Waals surface area (Å²) in [7, 11) is 1.64. The van der Waals surface area contributed by atoms with E-state index in [-0.39, 0.29) is 17.6 Å². The Bertz CT molecular complexity index is 746. The third kappa shape index (κ3) is 4.34. The van der Waals surface area contributed by atoms with Gasteiger partial charge in [0, 0.05) is 32.1 Å². The van der Waals surface area contributed by atoms with Gasteiger partial charge >= 0.3 is 0 Å². The zero-order valence-corrected chi connectivity index (χ0v) is 15.6. The fraction of sp³-hybridized carbons (Fsp3) is 0.429. The molecule has 0 radical (unpaired) electrons. The van der Waals surface area contributed by atoms with Crippen LogP contribution in [0.3, 0.4) is 0 Å². The summed E-state index contributed by atoms with van der Waals surface area (Å²) in [5, 5.41) is 14.4. The maximum Gasteiger partial charge on any atom is 0.221 e. The SMILES string of the molecule is CNC(=O)CCN1CCC(C(O)(c2ccc(F)cc2)c2ccccn2)CC1. The molecule has 1 atom stereocenters. The van der Waals surface area contributed by atoms with Crippen molar-refractivity contribution in [3.63, 3.8) is 0 Å². The van der Waals surface area contributed by atoms with E-state index in [1.807, 2.05) is 18.2 Å². The molecular formula is C21H26FN3O2. The number of pyridine rings is 1. The zero-order chi connectivity index (χ0) is 19.3. The molecule has 27 heavy (non-hydrogen) atoms. The van der Waals surface area contributed by atoms with Crippen molar-refractivity contribution in [2.75, 3.05) is 26.7 Å². The summed E-state index contributed by atoms with van der Waals surface area (Å²) >= 11 is 0. The van der Waals surface area contributed by atoms with Crippen molar-refractivity contribution in [2.24, 2.45) is 5.92 Å². The molecule has 1 saturated heterocycles. The van der Waals surface area contributed by atoms with E-state index in [1.165, 1.54) is 12.1 Å². The molecule has 6 heteroatoms. The Labute approximate surface area is 159 Å². The molecule has 1 aliphatic heterocycles. The molecule has 0 bridgehead atoms. The number of carbonyl (C=O) groups excluding carboxylic acids is 1. The van der Waals surface area contributed by atoms with Gasteiger partial charge in [0.15, 0.2) is 0 Å². The molecule has 1 aliphatic rings. The lowest BCUT2D eigenvalue weighted by Crippen LogP contribution is -2.45. The van der Waals surface area contributed by atoms with Crippen LogP contribution in [0.5, 0.6) is 0 Å². The molecule has 2 aromatic rings. The average molecular weight is 371 g/mol. The standard InChI is InChI=1S/C21H26FN3O2/c1-23-20(26)11-15-25-13-9-17(10-14-25)21(27,19-4-2-3-12-24-19)16-5-7-18(22)8-6-16/h2-8,12,17,27H,9-11,13-15H2,1H3,(H,23,26). The number of rotatable bonds is 6. The predicted molar refractivity (Wildman–Crippen MR) is 101 cm³/mol. The lowest BCUT2D eigenvalue weighted by atomic mass is 9.74. The highest BCUT2D eigenvalue weighted by atomic mass is 19.1. The second-order valence-electron chi connectivity index (χ2n) is 7.03. The second kappa shape index (κ2) is 8.59. The van der Waals surface area contributed by atoms with E-state index in [0.717, 1.165) is 25.9 Å². The first kappa shape index (κ1) is 19.5. The van der Waals surface area contributed by atoms with Gasteiger partial charge in [-0.15, -0.1) is 0 Å². The van der Waals surface area contributed by atoms with Crippen LogP contribution in [0.15, 0.2) is 48.7 Å². The number of benzene rings is 1. The first-order valence-electron chi connectivity index (χ1n) is 9.37. The van der Waals surface area contributed by atoms with E-state index < -0.39 is 5.60 Å². The van der Waals surface area contributed by atoms with E-state index in [1.54, 1.807) is 25.4 Å². The van der Waals surface area contributed by atoms with E-state index in [9.17, 15) is 14.3 Å². The molecule has 2 N–H and O–H groups in total. The van der Waals surface area contributed by atoms with Gasteiger partial charge in [-0.1, -0.05) is 18.2 Å². The third-order valence-corrected chi connectivity index (χ3v) is 5.45. The van der Waals surface area contributed by atoms with Crippen LogP contribution in [-0.4, -0.2) is 47.6 Å². The lowest BCUT2D eigenvalue weighted by Gasteiger charge is -2.41. The Morgan fingerprint density at radius 2 is 1.96 bits per heavy atom. The summed E-state index contributed by atoms with van der Waals surface area (Å²) in [5.41, 5.74) is -0.0196. The summed E-state index contributed by atoms with van der Waals surface area (Å²) in [6, 6.07) is 11.5. The molecular weight excluding hydrogens is 345 g/mol. The quantitative estimate of drug-likeness (QED) is 0.818. The number of nitrogens with one attached hydrogen (secondary N) is 1. The molecule has 3 rings (SSSR count). The van der Waals surface area contributed by atoms with Crippen molar-refractivity contribution in [3.05, 3.63) is 65.7 Å². The first-order chi connectivity index (χ1) is 13.0. The maximum atomic E-state index is 13.4. The van der Waals surface area contributed by atoms with Crippen LogP contribution in [0, 0.1) is 11.7 Å². The number of nitrogens with zero attached hydrogens (tertiary/aromatic N) is 2. The van der Waals surface area contributed by atoms with Gasteiger partial charge in [0.1, 0.15) is 11.4 Å². The van der Waals surface area contributed by atoms with Gasteiger partial charge in [0.2, 0.25) is 5.91 Å². The Hall–Kier alpha value is -2.31. The highest BCUT2D eigenvalue weighted by Crippen LogP contribution is 2.41. The average Bonchev–Trinajstić information content (AvgIpc) is 2.73. The summed E-state index contributed by atoms with van der Waals surface area (Å²) < 4.78 is 13.4. The van der Waals surface area contributed by atoms with Crippen molar-refractivity contribution < 1.29 is 14.3 Å². The van der Waals surface area contributed by atoms with Crippen molar-refractivity contribution in [1.82, 2.24) is 15.2 Å². The third-order valence-electron chi connectivity index (χ3n) is 5.45. The number of piperidine rings is 1. The molecule has 2 heterocycles. The molecule has 1 aromatic heterocycles. The number of aliphatic hydroxyl groups is 1. The van der Waals surface area contributed by atoms with E-state index >= 15 is 0 Å². The van der Waals surface area contributed by atoms with Gasteiger partial charge in [-0.3, -0.25) is 9.78 Å². The van der Waals surface area contributed by atoms with Crippen LogP contribution >= 0.6 is 0 Å². The fourth-order valence-electron chi connectivity index (χ4n) is 3.84. The topological polar surface area (TPSA) is 65.5 Å². The molecule has 1 amide bonds. The minimum atomic E-state index is -1.26. The van der Waals surface area contributed by atoms with Crippen LogP contribution in [0.25, 0.3) is 0 Å². The van der Waals surface area contributed by atoms with E-state index in [2.05, 4.69) is 15.2 Å². The molecule has 1 unspecified atom stereocenters. The van der Waals surface area contributed by atoms with Gasteiger partial charge in [-0.25, -0.2) is 4.39 Å². The first-order valence-corrected chi connectivity index (χ1v) is 9.37. The minimum Gasteiger partial charge on any atom is -0.378 e. The van der Waals surface area contributed by atoms with Gasteiger partial charge in [0.25, 0.3) is 0 Å². The van der Waals surface area contributed by atoms with Crippen molar-refractivity contribution in [1.29, 1.82) is 0 Å². The monoisotopic (exact) mass is 371 g/mol. The highest BCUT2D eigenvalue weighted by Gasteiger charge is 2.42. The predicted octanol–water partition coefficient (Wildman–Crippen LogP) is 2.30. The zero-order valence-electron chi connectivity index (χ0n) is 15.6. The molecule has 0 spiro atoms. The Kier molecular flexibility index (Phi) is 6.19. The Morgan fingerprint density at radius 1 is 1.26 bits per heavy atom. The summed E-state index contributed by atoms with van der Waals surface area (Å²) in [6.45, 7) is 2.32. The van der Waals surface area contributed by atoms with E-state index in [0.29, 0.717) is 24.2 Å². The molecule has 5 nitrogen and oxygen atoms in total. The number of hydrogen-bond donors (Lipinski definition) is 2. The summed E-state index contributed by atoms with van der Waals surface area (Å²) in [5.74, 6) is -0.325. The molecule has 144 valence electrons. The number of aromatic nitrogens is 1. The summed E-state index contributed by atoms with van der Waals surface area (Å²) in [4.78, 5) is 18.1. The maximum absolute atomic E-state index is 13.4. The molecule has 0 aliphatic carbocycles. The van der Waals surface area contributed by atoms with E-state index in [4.69, 9.17) is 0 Å². The van der Waals surface area contributed by atoms with Crippen LogP contribution < -0.4 is 5.32 Å². The number of likely N-dealkylation sites (tertiary alicyclic amines) is 1. The smallest absolute Gasteiger partial charge is 0.221 e. The molecule has 1 fully saturated rings. The van der Waals surface area contributed by atoms with Gasteiger partial charge in [-0.05, 0) is 55.8 Å². The van der Waals surface area contributed by atoms with Crippen LogP contribution in [0.4, 0.5) is 4.39 Å². The van der Waals surface area contributed by atoms with Gasteiger partial charge < -0.3 is 15.3 Å². The lowest BCUT2D eigenvalue weighted by molar-refractivity contribution is -0.121. The van der Waals surface area contributed by atoms with Crippen molar-refractivity contribution in [3.8, 4) is 0 Å². The van der Waals surface area contributed by atoms with Gasteiger partial charge in [0.05, 0.1) is 5.69 Å². The van der Waals surface area contributed by atoms with Crippen LogP contribution in [0.2, 0.25) is 0 Å². The highest BCUT2D eigenvalue weighted by molar-refractivity contribution is 5.75. The number of halogens is 1. The minimum absolute atomic E-state index is 0.0332. The number of carbonyl (C=O) groups is 1. The fourth-order valence-corrected chi connectivity index (χ4v) is 3.84. The Balaban J connectivity index is 1.79. The largest absolute Gasteiger partial charge is 0.378 e. The van der Waals surface area contributed by atoms with Crippen molar-refractivity contribution in [2.45, 2.75) is 24.9 Å². The molecule has 0 saturated carbocycles. The normalized spacial score (nSPS) is 18.0. The summed E-state index contributed by atoms with van der Waals surface area (Å²) in [6.07, 6.45) is 3.70. The second-order valence-corrected chi connectivity index (χ2v) is 7.03.